The third-order valence-corrected chi connectivity index (χ3v) is 2.58. The molecule has 0 saturated carbocycles. The summed E-state index contributed by atoms with van der Waals surface area (Å²) in [6, 6.07) is 3.97. The van der Waals surface area contributed by atoms with Crippen LogP contribution in [0.3, 0.4) is 0 Å². The zero-order chi connectivity index (χ0) is 11.5. The Morgan fingerprint density at radius 1 is 1.38 bits per heavy atom. The van der Waals surface area contributed by atoms with Gasteiger partial charge in [-0.25, -0.2) is 9.97 Å². The first kappa shape index (κ1) is 10.8. The van der Waals surface area contributed by atoms with Crippen molar-refractivity contribution < 1.29 is 0 Å². The van der Waals surface area contributed by atoms with Gasteiger partial charge in [-0.1, -0.05) is 6.92 Å². The van der Waals surface area contributed by atoms with E-state index in [1.165, 1.54) is 0 Å². The molecule has 0 aliphatic carbocycles. The summed E-state index contributed by atoms with van der Waals surface area (Å²) in [6.07, 6.45) is 6.38. The molecule has 2 aromatic rings. The van der Waals surface area contributed by atoms with Crippen LogP contribution in [0.15, 0.2) is 30.7 Å². The maximum atomic E-state index is 5.85. The number of hydrogen-bond acceptors (Lipinski definition) is 3. The number of nitrogens with two attached hydrogens (primary N) is 1. The third-order valence-electron chi connectivity index (χ3n) is 2.58. The molecule has 0 spiro atoms. The van der Waals surface area contributed by atoms with Gasteiger partial charge >= 0.3 is 0 Å². The number of nitrogens with zero attached hydrogens (tertiary/aromatic N) is 3. The fourth-order valence-corrected chi connectivity index (χ4v) is 1.65. The average Bonchev–Trinajstić information content (AvgIpc) is 2.77. The molecule has 0 radical (unpaired) electrons. The van der Waals surface area contributed by atoms with Gasteiger partial charge in [0.25, 0.3) is 0 Å². The summed E-state index contributed by atoms with van der Waals surface area (Å²) in [5.41, 5.74) is 6.94. The number of aryl methyl sites for hydroxylation is 1. The highest BCUT2D eigenvalue weighted by Crippen LogP contribution is 2.14. The molecule has 0 aromatic carbocycles. The van der Waals surface area contributed by atoms with Crippen molar-refractivity contribution in [3.8, 4) is 5.82 Å². The monoisotopic (exact) mass is 216 g/mol. The van der Waals surface area contributed by atoms with Crippen LogP contribution >= 0.6 is 0 Å². The second-order valence-corrected chi connectivity index (χ2v) is 3.80. The Bertz CT molecular complexity index is 473. The van der Waals surface area contributed by atoms with Gasteiger partial charge in [0.1, 0.15) is 11.6 Å². The highest BCUT2D eigenvalue weighted by molar-refractivity contribution is 5.30. The molecule has 2 aromatic heterocycles. The Balaban J connectivity index is 2.44. The maximum absolute atomic E-state index is 5.85. The lowest BCUT2D eigenvalue weighted by atomic mass is 10.1. The van der Waals surface area contributed by atoms with E-state index in [4.69, 9.17) is 5.73 Å². The van der Waals surface area contributed by atoms with Crippen LogP contribution in [0.2, 0.25) is 0 Å². The second-order valence-electron chi connectivity index (χ2n) is 3.80. The van der Waals surface area contributed by atoms with Gasteiger partial charge in [-0.15, -0.1) is 0 Å². The highest BCUT2D eigenvalue weighted by atomic mass is 15.1. The van der Waals surface area contributed by atoms with Crippen LogP contribution in [0, 0.1) is 0 Å². The van der Waals surface area contributed by atoms with E-state index in [-0.39, 0.29) is 6.04 Å². The summed E-state index contributed by atoms with van der Waals surface area (Å²) >= 11 is 0. The number of hydrogen-bond donors (Lipinski definition) is 1. The summed E-state index contributed by atoms with van der Waals surface area (Å²) in [5.74, 6) is 1.89. The topological polar surface area (TPSA) is 56.7 Å². The van der Waals surface area contributed by atoms with Crippen LogP contribution < -0.4 is 5.73 Å². The molecular weight excluding hydrogens is 200 g/mol. The van der Waals surface area contributed by atoms with Crippen LogP contribution in [0.4, 0.5) is 0 Å². The molecule has 0 saturated heterocycles. The van der Waals surface area contributed by atoms with Crippen molar-refractivity contribution in [1.82, 2.24) is 14.5 Å². The average molecular weight is 216 g/mol. The Morgan fingerprint density at radius 2 is 2.19 bits per heavy atom. The van der Waals surface area contributed by atoms with Gasteiger partial charge in [-0.3, -0.25) is 4.57 Å². The predicted octanol–water partition coefficient (Wildman–Crippen LogP) is 1.85. The normalized spacial score (nSPS) is 12.7. The Labute approximate surface area is 95.1 Å². The second kappa shape index (κ2) is 4.45. The molecular formula is C12H16N4. The van der Waals surface area contributed by atoms with Gasteiger partial charge in [0.2, 0.25) is 0 Å². The minimum atomic E-state index is 0.0235. The predicted molar refractivity (Wildman–Crippen MR) is 63.3 cm³/mol. The molecule has 2 heterocycles. The van der Waals surface area contributed by atoms with Crippen LogP contribution in [0.25, 0.3) is 5.82 Å². The van der Waals surface area contributed by atoms with Crippen molar-refractivity contribution in [3.63, 3.8) is 0 Å². The molecule has 1 atom stereocenters. The summed E-state index contributed by atoms with van der Waals surface area (Å²) in [6.45, 7) is 4.04. The molecule has 0 fully saturated rings. The molecule has 0 aliphatic heterocycles. The van der Waals surface area contributed by atoms with Crippen molar-refractivity contribution in [2.24, 2.45) is 5.73 Å². The van der Waals surface area contributed by atoms with E-state index in [0.717, 1.165) is 23.6 Å². The Morgan fingerprint density at radius 3 is 2.88 bits per heavy atom. The van der Waals surface area contributed by atoms with Gasteiger partial charge in [0.05, 0.1) is 0 Å². The summed E-state index contributed by atoms with van der Waals surface area (Å²) in [4.78, 5) is 8.62. The van der Waals surface area contributed by atoms with Crippen LogP contribution in [-0.2, 0) is 6.42 Å². The molecule has 4 heteroatoms. The van der Waals surface area contributed by atoms with E-state index < -0.39 is 0 Å². The molecule has 0 unspecified atom stereocenters. The first-order valence-electron chi connectivity index (χ1n) is 5.46. The fourth-order valence-electron chi connectivity index (χ4n) is 1.65. The maximum Gasteiger partial charge on any atom is 0.138 e. The first-order chi connectivity index (χ1) is 7.72. The van der Waals surface area contributed by atoms with Gasteiger partial charge in [0.15, 0.2) is 0 Å². The molecule has 84 valence electrons. The molecule has 0 aliphatic rings. The van der Waals surface area contributed by atoms with E-state index in [2.05, 4.69) is 16.9 Å². The minimum Gasteiger partial charge on any atom is -0.324 e. The highest BCUT2D eigenvalue weighted by Gasteiger charge is 2.06. The van der Waals surface area contributed by atoms with Crippen molar-refractivity contribution in [2.75, 3.05) is 0 Å². The van der Waals surface area contributed by atoms with Crippen molar-refractivity contribution in [3.05, 3.63) is 42.1 Å². The molecule has 0 amide bonds. The van der Waals surface area contributed by atoms with E-state index in [1.54, 1.807) is 12.4 Å². The standard InChI is InChI=1S/C12H16N4/c1-3-11-15-6-7-16(11)12-8-10(9(2)13)4-5-14-12/h4-9H,3,13H2,1-2H3/t9-/m0/s1. The van der Waals surface area contributed by atoms with Crippen molar-refractivity contribution in [1.29, 1.82) is 0 Å². The molecule has 2 N–H and O–H groups in total. The molecule has 0 bridgehead atoms. The summed E-state index contributed by atoms with van der Waals surface area (Å²) in [5, 5.41) is 0. The van der Waals surface area contributed by atoms with Crippen LogP contribution in [-0.4, -0.2) is 14.5 Å². The first-order valence-corrected chi connectivity index (χ1v) is 5.46. The lowest BCUT2D eigenvalue weighted by Crippen LogP contribution is -2.07. The Kier molecular flexibility index (Phi) is 3.01. The third kappa shape index (κ3) is 1.97. The lowest BCUT2D eigenvalue weighted by molar-refractivity contribution is 0.804. The van der Waals surface area contributed by atoms with Gasteiger partial charge in [-0.05, 0) is 24.6 Å². The lowest BCUT2D eigenvalue weighted by Gasteiger charge is -2.09. The largest absolute Gasteiger partial charge is 0.324 e. The number of rotatable bonds is 3. The quantitative estimate of drug-likeness (QED) is 0.851. The van der Waals surface area contributed by atoms with Crippen LogP contribution in [0.5, 0.6) is 0 Å². The molecule has 2 rings (SSSR count). The van der Waals surface area contributed by atoms with E-state index in [1.807, 2.05) is 29.8 Å². The van der Waals surface area contributed by atoms with Crippen molar-refractivity contribution >= 4 is 0 Å². The fraction of sp³-hybridized carbons (Fsp3) is 0.333. The van der Waals surface area contributed by atoms with E-state index in [9.17, 15) is 0 Å². The SMILES string of the molecule is CCc1nccn1-c1cc([C@H](C)N)ccn1. The summed E-state index contributed by atoms with van der Waals surface area (Å²) < 4.78 is 1.99. The minimum absolute atomic E-state index is 0.0235. The molecule has 4 nitrogen and oxygen atoms in total. The zero-order valence-electron chi connectivity index (χ0n) is 9.59. The zero-order valence-corrected chi connectivity index (χ0v) is 9.59. The number of imidazole rings is 1. The van der Waals surface area contributed by atoms with Crippen LogP contribution in [0.1, 0.15) is 31.3 Å². The number of aromatic nitrogens is 3. The number of pyridine rings is 1. The van der Waals surface area contributed by atoms with E-state index >= 15 is 0 Å². The smallest absolute Gasteiger partial charge is 0.138 e. The van der Waals surface area contributed by atoms with Gasteiger partial charge in [-0.2, -0.15) is 0 Å². The Hall–Kier alpha value is -1.68. The van der Waals surface area contributed by atoms with Gasteiger partial charge in [0, 0.05) is 31.1 Å². The van der Waals surface area contributed by atoms with Gasteiger partial charge < -0.3 is 5.73 Å². The van der Waals surface area contributed by atoms with Crippen molar-refractivity contribution in [2.45, 2.75) is 26.3 Å². The summed E-state index contributed by atoms with van der Waals surface area (Å²) in [7, 11) is 0. The van der Waals surface area contributed by atoms with E-state index in [0.29, 0.717) is 0 Å². The molecule has 16 heavy (non-hydrogen) atoms.